The molecule has 1 unspecified atom stereocenters. The molecule has 6 heteroatoms. The number of amides is 2. The Hall–Kier alpha value is -2.08. The van der Waals surface area contributed by atoms with Gasteiger partial charge in [-0.15, -0.1) is 0 Å². The summed E-state index contributed by atoms with van der Waals surface area (Å²) in [6.45, 7) is 1.31. The molecule has 6 nitrogen and oxygen atoms in total. The van der Waals surface area contributed by atoms with E-state index in [0.29, 0.717) is 13.1 Å². The van der Waals surface area contributed by atoms with E-state index in [0.717, 1.165) is 11.1 Å². The van der Waals surface area contributed by atoms with Crippen molar-refractivity contribution >= 4 is 12.0 Å². The van der Waals surface area contributed by atoms with Crippen molar-refractivity contribution < 1.29 is 19.4 Å². The molecule has 0 saturated heterocycles. The maximum atomic E-state index is 12.1. The molecule has 108 valence electrons. The number of benzene rings is 1. The first-order valence-corrected chi connectivity index (χ1v) is 6.45. The number of ether oxygens (including phenoxy) is 1. The average Bonchev–Trinajstić information content (AvgIpc) is 2.86. The minimum Gasteiger partial charge on any atom is -0.480 e. The highest BCUT2D eigenvalue weighted by molar-refractivity contribution is 5.82. The molecule has 0 spiro atoms. The van der Waals surface area contributed by atoms with Gasteiger partial charge < -0.3 is 20.1 Å². The van der Waals surface area contributed by atoms with E-state index in [1.54, 1.807) is 4.90 Å². The fraction of sp³-hybridized carbons (Fsp3) is 0.429. The fourth-order valence-electron chi connectivity index (χ4n) is 2.21. The van der Waals surface area contributed by atoms with Crippen molar-refractivity contribution in [3.8, 4) is 0 Å². The number of carbonyl (C=O) groups excluding carboxylic acids is 1. The molecule has 2 rings (SSSR count). The highest BCUT2D eigenvalue weighted by Crippen LogP contribution is 2.22. The van der Waals surface area contributed by atoms with E-state index in [4.69, 9.17) is 9.84 Å². The summed E-state index contributed by atoms with van der Waals surface area (Å²) < 4.78 is 4.85. The van der Waals surface area contributed by atoms with Crippen LogP contribution < -0.4 is 5.32 Å². The summed E-state index contributed by atoms with van der Waals surface area (Å²) in [7, 11) is 1.50. The number of urea groups is 1. The number of methoxy groups -OCH3 is 1. The molecule has 1 heterocycles. The van der Waals surface area contributed by atoms with Crippen molar-refractivity contribution in [3.05, 3.63) is 35.4 Å². The third-order valence-corrected chi connectivity index (χ3v) is 3.33. The van der Waals surface area contributed by atoms with Crippen molar-refractivity contribution in [1.29, 1.82) is 0 Å². The van der Waals surface area contributed by atoms with Gasteiger partial charge >= 0.3 is 12.0 Å². The Morgan fingerprint density at radius 3 is 2.45 bits per heavy atom. The lowest BCUT2D eigenvalue weighted by Crippen LogP contribution is -2.46. The van der Waals surface area contributed by atoms with Crippen LogP contribution in [0.5, 0.6) is 0 Å². The first kappa shape index (κ1) is 14.3. The number of hydrogen-bond acceptors (Lipinski definition) is 3. The zero-order valence-corrected chi connectivity index (χ0v) is 11.3. The summed E-state index contributed by atoms with van der Waals surface area (Å²) in [5.74, 6) is -1.05. The van der Waals surface area contributed by atoms with Gasteiger partial charge in [-0.25, -0.2) is 9.59 Å². The van der Waals surface area contributed by atoms with Crippen molar-refractivity contribution in [1.82, 2.24) is 10.2 Å². The second kappa shape index (κ2) is 6.38. The number of aliphatic carboxylic acids is 1. The molecule has 0 saturated carbocycles. The van der Waals surface area contributed by atoms with E-state index in [-0.39, 0.29) is 19.1 Å². The van der Waals surface area contributed by atoms with Gasteiger partial charge in [0.15, 0.2) is 0 Å². The Bertz CT molecular complexity index is 479. The smallest absolute Gasteiger partial charge is 0.326 e. The quantitative estimate of drug-likeness (QED) is 0.848. The summed E-state index contributed by atoms with van der Waals surface area (Å²) >= 11 is 0. The number of carbonyl (C=O) groups is 2. The third-order valence-electron chi connectivity index (χ3n) is 3.33. The number of carboxylic acid groups (broad SMARTS) is 1. The van der Waals surface area contributed by atoms with Gasteiger partial charge in [-0.1, -0.05) is 24.3 Å². The van der Waals surface area contributed by atoms with Crippen molar-refractivity contribution in [2.24, 2.45) is 0 Å². The van der Waals surface area contributed by atoms with E-state index >= 15 is 0 Å². The Kier molecular flexibility index (Phi) is 4.57. The normalized spacial score (nSPS) is 14.8. The summed E-state index contributed by atoms with van der Waals surface area (Å²) in [6.07, 6.45) is 0.248. The second-order valence-electron chi connectivity index (χ2n) is 4.75. The third kappa shape index (κ3) is 3.27. The van der Waals surface area contributed by atoms with Gasteiger partial charge in [0.2, 0.25) is 0 Å². The molecule has 0 bridgehead atoms. The molecule has 20 heavy (non-hydrogen) atoms. The number of rotatable bonds is 5. The van der Waals surface area contributed by atoms with E-state index in [2.05, 4.69) is 5.32 Å². The van der Waals surface area contributed by atoms with Gasteiger partial charge in [0, 0.05) is 33.2 Å². The van der Waals surface area contributed by atoms with E-state index in [1.807, 2.05) is 24.3 Å². The summed E-state index contributed by atoms with van der Waals surface area (Å²) in [6, 6.07) is 6.53. The maximum Gasteiger partial charge on any atom is 0.326 e. The topological polar surface area (TPSA) is 78.9 Å². The van der Waals surface area contributed by atoms with E-state index < -0.39 is 12.0 Å². The van der Waals surface area contributed by atoms with Crippen LogP contribution in [-0.2, 0) is 22.6 Å². The zero-order chi connectivity index (χ0) is 14.5. The van der Waals surface area contributed by atoms with Gasteiger partial charge in [-0.3, -0.25) is 0 Å². The van der Waals surface area contributed by atoms with Crippen LogP contribution in [0.2, 0.25) is 0 Å². The highest BCUT2D eigenvalue weighted by Gasteiger charge is 2.26. The van der Waals surface area contributed by atoms with Crippen molar-refractivity contribution in [3.63, 3.8) is 0 Å². The predicted octanol–water partition coefficient (Wildman–Crippen LogP) is 1.20. The molecule has 1 aliphatic heterocycles. The minimum absolute atomic E-state index is 0.248. The van der Waals surface area contributed by atoms with Crippen LogP contribution in [0.1, 0.15) is 17.5 Å². The molecular weight excluding hydrogens is 260 g/mol. The molecule has 0 aromatic heterocycles. The lowest BCUT2D eigenvalue weighted by molar-refractivity contribution is -0.139. The van der Waals surface area contributed by atoms with Crippen LogP contribution in [-0.4, -0.2) is 41.8 Å². The number of carboxylic acids is 1. The first-order valence-electron chi connectivity index (χ1n) is 6.45. The van der Waals surface area contributed by atoms with Gasteiger partial charge in [-0.2, -0.15) is 0 Å². The fourth-order valence-corrected chi connectivity index (χ4v) is 2.21. The Balaban J connectivity index is 1.94. The molecule has 2 N–H and O–H groups in total. The molecule has 1 aliphatic rings. The van der Waals surface area contributed by atoms with Gasteiger partial charge in [-0.05, 0) is 11.1 Å². The lowest BCUT2D eigenvalue weighted by Gasteiger charge is -2.20. The van der Waals surface area contributed by atoms with Gasteiger partial charge in [0.1, 0.15) is 6.04 Å². The Morgan fingerprint density at radius 2 is 1.95 bits per heavy atom. The Morgan fingerprint density at radius 1 is 1.35 bits per heavy atom. The first-order chi connectivity index (χ1) is 9.61. The van der Waals surface area contributed by atoms with E-state index in [1.165, 1.54) is 7.11 Å². The van der Waals surface area contributed by atoms with Crippen LogP contribution in [0.25, 0.3) is 0 Å². The number of nitrogens with one attached hydrogen (secondary N) is 1. The standard InChI is InChI=1S/C14H18N2O4/c1-20-7-6-12(13(17)18)15-14(19)16-8-10-4-2-3-5-11(10)9-16/h2-5,12H,6-9H2,1H3,(H,15,19)(H,17,18). The molecule has 0 aliphatic carbocycles. The predicted molar refractivity (Wildman–Crippen MR) is 72.1 cm³/mol. The molecule has 0 radical (unpaired) electrons. The van der Waals surface area contributed by atoms with E-state index in [9.17, 15) is 9.59 Å². The zero-order valence-electron chi connectivity index (χ0n) is 11.3. The molecule has 2 amide bonds. The number of fused-ring (bicyclic) bond motifs is 1. The monoisotopic (exact) mass is 278 g/mol. The van der Waals surface area contributed by atoms with Crippen LogP contribution in [0.3, 0.4) is 0 Å². The van der Waals surface area contributed by atoms with Crippen molar-refractivity contribution in [2.75, 3.05) is 13.7 Å². The van der Waals surface area contributed by atoms with Crippen molar-refractivity contribution in [2.45, 2.75) is 25.6 Å². The van der Waals surface area contributed by atoms with Crippen LogP contribution >= 0.6 is 0 Å². The lowest BCUT2D eigenvalue weighted by atomic mass is 10.1. The average molecular weight is 278 g/mol. The van der Waals surface area contributed by atoms with Crippen LogP contribution in [0.15, 0.2) is 24.3 Å². The number of nitrogens with zero attached hydrogens (tertiary/aromatic N) is 1. The SMILES string of the molecule is COCCC(NC(=O)N1Cc2ccccc2C1)C(=O)O. The highest BCUT2D eigenvalue weighted by atomic mass is 16.5. The molecular formula is C14H18N2O4. The van der Waals surface area contributed by atoms with Gasteiger partial charge in [0.05, 0.1) is 0 Å². The maximum absolute atomic E-state index is 12.1. The summed E-state index contributed by atoms with van der Waals surface area (Å²) in [5.41, 5.74) is 2.21. The summed E-state index contributed by atoms with van der Waals surface area (Å²) in [4.78, 5) is 24.8. The molecule has 1 aromatic rings. The number of hydrogen-bond donors (Lipinski definition) is 2. The second-order valence-corrected chi connectivity index (χ2v) is 4.75. The minimum atomic E-state index is -1.05. The van der Waals surface area contributed by atoms with Crippen LogP contribution in [0.4, 0.5) is 4.79 Å². The largest absolute Gasteiger partial charge is 0.480 e. The summed E-state index contributed by atoms with van der Waals surface area (Å²) in [5, 5.41) is 11.6. The molecule has 0 fully saturated rings. The van der Waals surface area contributed by atoms with Gasteiger partial charge in [0.25, 0.3) is 0 Å². The molecule has 1 atom stereocenters. The van der Waals surface area contributed by atoms with Crippen LogP contribution in [0, 0.1) is 0 Å². The molecule has 1 aromatic carbocycles. The Labute approximate surface area is 117 Å².